The number of rotatable bonds is 2. The molecule has 8 heteroatoms. The molecule has 5 N–H and O–H groups in total. The summed E-state index contributed by atoms with van der Waals surface area (Å²) in [5.74, 6) is -0.193. The first-order chi connectivity index (χ1) is 13.5. The Morgan fingerprint density at radius 2 is 2.00 bits per heavy atom. The molecule has 0 fully saturated rings. The highest BCUT2D eigenvalue weighted by Gasteiger charge is 2.17. The summed E-state index contributed by atoms with van der Waals surface area (Å²) < 4.78 is 5.13. The molecule has 2 aromatic heterocycles. The summed E-state index contributed by atoms with van der Waals surface area (Å²) >= 11 is 6.44. The van der Waals surface area contributed by atoms with Gasteiger partial charge in [-0.05, 0) is 24.3 Å². The van der Waals surface area contributed by atoms with Crippen LogP contribution in [0.4, 0.5) is 0 Å². The van der Waals surface area contributed by atoms with Crippen LogP contribution in [0.15, 0.2) is 53.7 Å². The Morgan fingerprint density at radius 1 is 1.21 bits per heavy atom. The number of hydrogen-bond acceptors (Lipinski definition) is 4. The van der Waals surface area contributed by atoms with Crippen LogP contribution in [0.25, 0.3) is 33.1 Å². The number of para-hydroxylation sites is 1. The molecule has 0 amide bonds. The van der Waals surface area contributed by atoms with E-state index in [9.17, 15) is 5.11 Å². The Labute approximate surface area is 164 Å². The highest BCUT2D eigenvalue weighted by molar-refractivity contribution is 6.35. The minimum Gasteiger partial charge on any atom is -0.503 e. The van der Waals surface area contributed by atoms with Gasteiger partial charge in [0.2, 0.25) is 5.96 Å². The van der Waals surface area contributed by atoms with E-state index in [2.05, 4.69) is 9.98 Å². The van der Waals surface area contributed by atoms with Gasteiger partial charge in [-0.1, -0.05) is 29.8 Å². The van der Waals surface area contributed by atoms with Gasteiger partial charge in [-0.3, -0.25) is 5.41 Å². The first-order valence-electron chi connectivity index (χ1n) is 8.36. The molecular weight excluding hydrogens is 378 g/mol. The topological polar surface area (TPSA) is 120 Å². The largest absolute Gasteiger partial charge is 0.503 e. The van der Waals surface area contributed by atoms with Gasteiger partial charge in [0, 0.05) is 22.5 Å². The van der Waals surface area contributed by atoms with Crippen molar-refractivity contribution in [1.82, 2.24) is 9.97 Å². The van der Waals surface area contributed by atoms with Crippen molar-refractivity contribution in [3.63, 3.8) is 0 Å². The van der Waals surface area contributed by atoms with E-state index in [0.29, 0.717) is 27.6 Å². The Bertz CT molecular complexity index is 1310. The van der Waals surface area contributed by atoms with E-state index >= 15 is 0 Å². The third-order valence-corrected chi connectivity index (χ3v) is 4.80. The quantitative estimate of drug-likeness (QED) is 0.307. The van der Waals surface area contributed by atoms with Crippen molar-refractivity contribution in [1.29, 1.82) is 5.41 Å². The summed E-state index contributed by atoms with van der Waals surface area (Å²) in [5, 5.41) is 20.1. The number of nitrogens with one attached hydrogen (secondary N) is 2. The lowest BCUT2D eigenvalue weighted by molar-refractivity contribution is 0.374. The van der Waals surface area contributed by atoms with Crippen LogP contribution < -0.4 is 15.8 Å². The maximum atomic E-state index is 10.4. The molecule has 0 spiro atoms. The summed E-state index contributed by atoms with van der Waals surface area (Å²) in [6.07, 6.45) is 1.75. The molecule has 0 saturated heterocycles. The molecule has 2 heterocycles. The van der Waals surface area contributed by atoms with E-state index in [1.54, 1.807) is 18.3 Å². The van der Waals surface area contributed by atoms with Gasteiger partial charge in [-0.15, -0.1) is 0 Å². The minimum atomic E-state index is -0.311. The van der Waals surface area contributed by atoms with Gasteiger partial charge in [0.25, 0.3) is 0 Å². The number of halogens is 1. The van der Waals surface area contributed by atoms with Gasteiger partial charge in [-0.25, -0.2) is 9.98 Å². The molecule has 0 atom stereocenters. The monoisotopic (exact) mass is 393 g/mol. The zero-order chi connectivity index (χ0) is 19.8. The number of nitrogens with two attached hydrogens (primary N) is 1. The van der Waals surface area contributed by atoms with Crippen LogP contribution in [0.5, 0.6) is 11.5 Å². The third kappa shape index (κ3) is 2.82. The van der Waals surface area contributed by atoms with Crippen LogP contribution in [-0.4, -0.2) is 28.1 Å². The van der Waals surface area contributed by atoms with Gasteiger partial charge in [0.05, 0.1) is 28.9 Å². The Balaban J connectivity index is 2.22. The van der Waals surface area contributed by atoms with Crippen LogP contribution in [-0.2, 0) is 0 Å². The van der Waals surface area contributed by atoms with Crippen molar-refractivity contribution in [3.05, 3.63) is 59.0 Å². The van der Waals surface area contributed by atoms with E-state index in [-0.39, 0.29) is 22.5 Å². The van der Waals surface area contributed by atoms with E-state index in [1.165, 1.54) is 7.11 Å². The molecule has 7 nitrogen and oxygen atoms in total. The highest BCUT2D eigenvalue weighted by Crippen LogP contribution is 2.41. The lowest BCUT2D eigenvalue weighted by Crippen LogP contribution is -2.13. The number of nitrogens with zero attached hydrogens (tertiary/aromatic N) is 2. The number of methoxy groups -OCH3 is 1. The average Bonchev–Trinajstić information content (AvgIpc) is 3.12. The number of phenols is 1. The van der Waals surface area contributed by atoms with Crippen molar-refractivity contribution in [3.8, 4) is 22.8 Å². The minimum absolute atomic E-state index is 0.134. The lowest BCUT2D eigenvalue weighted by atomic mass is 10.1. The molecule has 0 aliphatic carbocycles. The molecule has 0 saturated carbocycles. The molecule has 0 unspecified atom stereocenters. The molecule has 4 rings (SSSR count). The van der Waals surface area contributed by atoms with Gasteiger partial charge < -0.3 is 20.6 Å². The van der Waals surface area contributed by atoms with E-state index in [0.717, 1.165) is 10.8 Å². The fraction of sp³-hybridized carbons (Fsp3) is 0.0500. The molecular formula is C20H16ClN5O2. The summed E-state index contributed by atoms with van der Waals surface area (Å²) in [6, 6.07) is 12.6. The number of aromatic amines is 1. The van der Waals surface area contributed by atoms with Crippen molar-refractivity contribution < 1.29 is 9.84 Å². The second-order valence-corrected chi connectivity index (χ2v) is 6.45. The van der Waals surface area contributed by atoms with Crippen molar-refractivity contribution in [2.45, 2.75) is 0 Å². The van der Waals surface area contributed by atoms with Crippen LogP contribution >= 0.6 is 11.6 Å². The Morgan fingerprint density at radius 3 is 2.75 bits per heavy atom. The number of aromatic nitrogens is 2. The Kier molecular flexibility index (Phi) is 4.37. The van der Waals surface area contributed by atoms with Crippen LogP contribution in [0, 0.1) is 5.41 Å². The first kappa shape index (κ1) is 17.8. The number of fused-ring (bicyclic) bond motifs is 2. The molecule has 0 radical (unpaired) electrons. The van der Waals surface area contributed by atoms with E-state index < -0.39 is 0 Å². The van der Waals surface area contributed by atoms with Gasteiger partial charge in [0.1, 0.15) is 5.36 Å². The van der Waals surface area contributed by atoms with Crippen LogP contribution in [0.1, 0.15) is 0 Å². The predicted octanol–water partition coefficient (Wildman–Crippen LogP) is 3.54. The summed E-state index contributed by atoms with van der Waals surface area (Å²) in [6.45, 7) is 0. The van der Waals surface area contributed by atoms with Crippen molar-refractivity contribution in [2.75, 3.05) is 7.11 Å². The zero-order valence-corrected chi connectivity index (χ0v) is 15.6. The average molecular weight is 394 g/mol. The standard InChI is InChI=1S/C20H16ClN5O2/c1-28-14-7-6-11(15(21)19(14)27)16-12-8-9-24-17(12)18(26-20(22)23)10-4-2-3-5-13(10)25-16/h2-9,24,27H,1H3,(H3,22,23). The number of H-pyrrole nitrogens is 1. The summed E-state index contributed by atoms with van der Waals surface area (Å²) in [7, 11) is 1.46. The number of hydrogen-bond donors (Lipinski definition) is 4. The molecule has 0 aliphatic rings. The fourth-order valence-corrected chi connectivity index (χ4v) is 3.43. The first-order valence-corrected chi connectivity index (χ1v) is 8.73. The van der Waals surface area contributed by atoms with Crippen LogP contribution in [0.3, 0.4) is 0 Å². The smallest absolute Gasteiger partial charge is 0.213 e. The van der Waals surface area contributed by atoms with Crippen molar-refractivity contribution in [2.24, 2.45) is 10.7 Å². The molecule has 140 valence electrons. The van der Waals surface area contributed by atoms with E-state index in [1.807, 2.05) is 30.3 Å². The number of benzene rings is 2. The summed E-state index contributed by atoms with van der Waals surface area (Å²) in [4.78, 5) is 12.2. The van der Waals surface area contributed by atoms with Crippen molar-refractivity contribution >= 4 is 39.4 Å². The number of aromatic hydroxyl groups is 1. The van der Waals surface area contributed by atoms with Crippen LogP contribution in [0.2, 0.25) is 5.02 Å². The zero-order valence-electron chi connectivity index (χ0n) is 14.8. The highest BCUT2D eigenvalue weighted by atomic mass is 35.5. The third-order valence-electron chi connectivity index (χ3n) is 4.42. The second-order valence-electron chi connectivity index (χ2n) is 6.07. The number of phenolic OH excluding ortho intramolecular Hbond substituents is 1. The SMILES string of the molecule is COc1ccc(-c2nc3ccccc3c(=NC(=N)N)c3[nH]ccc23)c(Cl)c1O. The second kappa shape index (κ2) is 6.86. The van der Waals surface area contributed by atoms with Gasteiger partial charge >= 0.3 is 0 Å². The maximum absolute atomic E-state index is 10.4. The molecule has 4 aromatic rings. The maximum Gasteiger partial charge on any atom is 0.213 e. The fourth-order valence-electron chi connectivity index (χ4n) is 3.19. The normalized spacial score (nSPS) is 11.9. The Hall–Kier alpha value is -3.58. The molecule has 28 heavy (non-hydrogen) atoms. The van der Waals surface area contributed by atoms with Gasteiger partial charge in [0.15, 0.2) is 11.5 Å². The lowest BCUT2D eigenvalue weighted by Gasteiger charge is -2.09. The summed E-state index contributed by atoms with van der Waals surface area (Å²) in [5.41, 5.74) is 7.96. The number of guanidine groups is 1. The molecule has 0 aliphatic heterocycles. The van der Waals surface area contributed by atoms with E-state index in [4.69, 9.17) is 32.5 Å². The predicted molar refractivity (Wildman–Crippen MR) is 110 cm³/mol. The molecule has 0 bridgehead atoms. The number of ether oxygens (including phenoxy) is 1. The molecule has 2 aromatic carbocycles. The van der Waals surface area contributed by atoms with Gasteiger partial charge in [-0.2, -0.15) is 0 Å².